The molecule has 0 unspecified atom stereocenters. The number of hydrogen-bond acceptors (Lipinski definition) is 5. The molecule has 0 fully saturated rings. The lowest BCUT2D eigenvalue weighted by molar-refractivity contribution is 0.200. The van der Waals surface area contributed by atoms with Gasteiger partial charge >= 0.3 is 0 Å². The Morgan fingerprint density at radius 2 is 2.24 bits per heavy atom. The van der Waals surface area contributed by atoms with Crippen LogP contribution < -0.4 is 5.73 Å². The predicted octanol–water partition coefficient (Wildman–Crippen LogP) is 1.95. The van der Waals surface area contributed by atoms with Crippen LogP contribution in [-0.4, -0.2) is 23.7 Å². The SMILES string of the molecule is COCCc1nc(N)c2c3c(sc2n1)CCC3. The fourth-order valence-corrected chi connectivity index (χ4v) is 3.66. The van der Waals surface area contributed by atoms with Gasteiger partial charge in [0.15, 0.2) is 0 Å². The van der Waals surface area contributed by atoms with E-state index in [-0.39, 0.29) is 0 Å². The molecule has 0 aliphatic heterocycles. The Hall–Kier alpha value is -1.20. The maximum atomic E-state index is 6.06. The lowest BCUT2D eigenvalue weighted by Crippen LogP contribution is -2.03. The molecule has 4 nitrogen and oxygen atoms in total. The zero-order valence-corrected chi connectivity index (χ0v) is 10.6. The molecule has 5 heteroatoms. The van der Waals surface area contributed by atoms with Crippen LogP contribution in [-0.2, 0) is 24.0 Å². The van der Waals surface area contributed by atoms with E-state index in [4.69, 9.17) is 10.5 Å². The van der Waals surface area contributed by atoms with E-state index in [2.05, 4.69) is 9.97 Å². The summed E-state index contributed by atoms with van der Waals surface area (Å²) in [5.41, 5.74) is 7.45. The summed E-state index contributed by atoms with van der Waals surface area (Å²) >= 11 is 1.78. The van der Waals surface area contributed by atoms with E-state index in [0.717, 1.165) is 28.9 Å². The van der Waals surface area contributed by atoms with Crippen LogP contribution >= 0.6 is 11.3 Å². The van der Waals surface area contributed by atoms with E-state index in [1.165, 1.54) is 23.3 Å². The summed E-state index contributed by atoms with van der Waals surface area (Å²) in [6.07, 6.45) is 4.25. The van der Waals surface area contributed by atoms with Gasteiger partial charge in [0.25, 0.3) is 0 Å². The molecule has 0 amide bonds. The summed E-state index contributed by atoms with van der Waals surface area (Å²) in [5.74, 6) is 1.43. The summed E-state index contributed by atoms with van der Waals surface area (Å²) in [4.78, 5) is 11.5. The van der Waals surface area contributed by atoms with Crippen LogP contribution in [0.2, 0.25) is 0 Å². The van der Waals surface area contributed by atoms with Crippen molar-refractivity contribution in [3.63, 3.8) is 0 Å². The van der Waals surface area contributed by atoms with Gasteiger partial charge in [-0.1, -0.05) is 0 Å². The van der Waals surface area contributed by atoms with Crippen molar-refractivity contribution in [1.29, 1.82) is 0 Å². The van der Waals surface area contributed by atoms with Crippen LogP contribution in [0.3, 0.4) is 0 Å². The van der Waals surface area contributed by atoms with Gasteiger partial charge in [0.2, 0.25) is 0 Å². The minimum Gasteiger partial charge on any atom is -0.384 e. The lowest BCUT2D eigenvalue weighted by atomic mass is 10.2. The van der Waals surface area contributed by atoms with Crippen LogP contribution in [0.25, 0.3) is 10.2 Å². The summed E-state index contributed by atoms with van der Waals surface area (Å²) in [6, 6.07) is 0. The minimum atomic E-state index is 0.635. The molecule has 0 atom stereocenters. The van der Waals surface area contributed by atoms with Gasteiger partial charge in [-0.05, 0) is 24.8 Å². The van der Waals surface area contributed by atoms with Gasteiger partial charge in [0.05, 0.1) is 12.0 Å². The number of nitrogens with zero attached hydrogens (tertiary/aromatic N) is 2. The Bertz CT molecular complexity index is 564. The zero-order valence-electron chi connectivity index (χ0n) is 9.82. The average Bonchev–Trinajstić information content (AvgIpc) is 2.85. The monoisotopic (exact) mass is 249 g/mol. The van der Waals surface area contributed by atoms with Crippen LogP contribution in [0.4, 0.5) is 5.82 Å². The van der Waals surface area contributed by atoms with E-state index < -0.39 is 0 Å². The molecule has 90 valence electrons. The second-order valence-electron chi connectivity index (χ2n) is 4.31. The van der Waals surface area contributed by atoms with E-state index in [1.54, 1.807) is 18.4 Å². The number of nitrogens with two attached hydrogens (primary N) is 1. The first-order valence-corrected chi connectivity index (χ1v) is 6.67. The Labute approximate surface area is 104 Å². The van der Waals surface area contributed by atoms with Gasteiger partial charge in [-0.25, -0.2) is 9.97 Å². The molecule has 1 aliphatic rings. The van der Waals surface area contributed by atoms with Crippen molar-refractivity contribution in [3.05, 3.63) is 16.3 Å². The standard InChI is InChI=1S/C12H15N3OS/c1-16-6-5-9-14-11(13)10-7-3-2-4-8(7)17-12(10)15-9/h2-6H2,1H3,(H2,13,14,15). The summed E-state index contributed by atoms with van der Waals surface area (Å²) in [5, 5.41) is 1.10. The van der Waals surface area contributed by atoms with E-state index in [9.17, 15) is 0 Å². The van der Waals surface area contributed by atoms with Crippen molar-refractivity contribution in [2.75, 3.05) is 19.5 Å². The Kier molecular flexibility index (Phi) is 2.72. The number of anilines is 1. The van der Waals surface area contributed by atoms with Crippen molar-refractivity contribution >= 4 is 27.4 Å². The van der Waals surface area contributed by atoms with Gasteiger partial charge in [-0.2, -0.15) is 0 Å². The van der Waals surface area contributed by atoms with Crippen molar-refractivity contribution in [2.45, 2.75) is 25.7 Å². The number of fused-ring (bicyclic) bond motifs is 3. The van der Waals surface area contributed by atoms with Gasteiger partial charge < -0.3 is 10.5 Å². The lowest BCUT2D eigenvalue weighted by Gasteiger charge is -2.03. The molecule has 2 heterocycles. The Morgan fingerprint density at radius 3 is 3.06 bits per heavy atom. The number of methoxy groups -OCH3 is 1. The molecule has 2 aromatic rings. The number of hydrogen-bond donors (Lipinski definition) is 1. The molecule has 2 N–H and O–H groups in total. The maximum absolute atomic E-state index is 6.06. The van der Waals surface area contributed by atoms with Crippen LogP contribution in [0.5, 0.6) is 0 Å². The molecule has 3 rings (SSSR count). The molecule has 1 aliphatic carbocycles. The first kappa shape index (κ1) is 10.9. The molecule has 0 bridgehead atoms. The second-order valence-corrected chi connectivity index (χ2v) is 5.39. The normalized spacial score (nSPS) is 14.4. The van der Waals surface area contributed by atoms with Gasteiger partial charge in [-0.15, -0.1) is 11.3 Å². The third-order valence-electron chi connectivity index (χ3n) is 3.17. The van der Waals surface area contributed by atoms with Crippen LogP contribution in [0.15, 0.2) is 0 Å². The van der Waals surface area contributed by atoms with E-state index in [1.807, 2.05) is 0 Å². The highest BCUT2D eigenvalue weighted by atomic mass is 32.1. The van der Waals surface area contributed by atoms with Crippen molar-refractivity contribution in [3.8, 4) is 0 Å². The maximum Gasteiger partial charge on any atom is 0.136 e. The third kappa shape index (κ3) is 1.79. The minimum absolute atomic E-state index is 0.635. The molecule has 0 aromatic carbocycles. The summed E-state index contributed by atoms with van der Waals surface area (Å²) in [6.45, 7) is 0.635. The molecular weight excluding hydrogens is 234 g/mol. The largest absolute Gasteiger partial charge is 0.384 e. The number of aryl methyl sites for hydroxylation is 2. The highest BCUT2D eigenvalue weighted by Gasteiger charge is 2.21. The highest BCUT2D eigenvalue weighted by Crippen LogP contribution is 2.38. The number of ether oxygens (including phenoxy) is 1. The fourth-order valence-electron chi connectivity index (χ4n) is 2.38. The summed E-state index contributed by atoms with van der Waals surface area (Å²) in [7, 11) is 1.68. The molecule has 0 saturated carbocycles. The number of rotatable bonds is 3. The average molecular weight is 249 g/mol. The Morgan fingerprint density at radius 1 is 1.35 bits per heavy atom. The quantitative estimate of drug-likeness (QED) is 0.903. The van der Waals surface area contributed by atoms with Crippen LogP contribution in [0, 0.1) is 0 Å². The van der Waals surface area contributed by atoms with Crippen molar-refractivity contribution in [2.24, 2.45) is 0 Å². The van der Waals surface area contributed by atoms with E-state index in [0.29, 0.717) is 12.4 Å². The molecule has 0 spiro atoms. The molecule has 0 radical (unpaired) electrons. The van der Waals surface area contributed by atoms with Gasteiger partial charge in [-0.3, -0.25) is 0 Å². The first-order chi connectivity index (χ1) is 8.29. The fraction of sp³-hybridized carbons (Fsp3) is 0.500. The zero-order chi connectivity index (χ0) is 11.8. The van der Waals surface area contributed by atoms with Crippen LogP contribution in [0.1, 0.15) is 22.7 Å². The summed E-state index contributed by atoms with van der Waals surface area (Å²) < 4.78 is 5.04. The number of aromatic nitrogens is 2. The topological polar surface area (TPSA) is 61.0 Å². The third-order valence-corrected chi connectivity index (χ3v) is 4.35. The Balaban J connectivity index is 2.08. The first-order valence-electron chi connectivity index (χ1n) is 5.85. The van der Waals surface area contributed by atoms with Gasteiger partial charge in [0, 0.05) is 18.4 Å². The molecule has 17 heavy (non-hydrogen) atoms. The number of nitrogen functional groups attached to an aromatic ring is 1. The second kappa shape index (κ2) is 4.23. The highest BCUT2D eigenvalue weighted by molar-refractivity contribution is 7.19. The smallest absolute Gasteiger partial charge is 0.136 e. The van der Waals surface area contributed by atoms with E-state index >= 15 is 0 Å². The van der Waals surface area contributed by atoms with Gasteiger partial charge in [0.1, 0.15) is 16.5 Å². The molecule has 0 saturated heterocycles. The molecular formula is C12H15N3OS. The predicted molar refractivity (Wildman–Crippen MR) is 69.4 cm³/mol. The van der Waals surface area contributed by atoms with Crippen molar-refractivity contribution in [1.82, 2.24) is 9.97 Å². The molecule has 2 aromatic heterocycles. The van der Waals surface area contributed by atoms with Crippen molar-refractivity contribution < 1.29 is 4.74 Å². The number of thiophene rings is 1.